The molecule has 1 aromatic rings. The highest BCUT2D eigenvalue weighted by Crippen LogP contribution is 2.13. The van der Waals surface area contributed by atoms with Crippen LogP contribution in [0.5, 0.6) is 5.75 Å². The van der Waals surface area contributed by atoms with Crippen LogP contribution in [0.15, 0.2) is 24.3 Å². The van der Waals surface area contributed by atoms with Crippen molar-refractivity contribution in [1.82, 2.24) is 10.2 Å². The van der Waals surface area contributed by atoms with Crippen molar-refractivity contribution in [2.45, 2.75) is 33.2 Å². The van der Waals surface area contributed by atoms with Gasteiger partial charge in [0.05, 0.1) is 0 Å². The highest BCUT2D eigenvalue weighted by atomic mass is 16.5. The van der Waals surface area contributed by atoms with Crippen LogP contribution in [0.25, 0.3) is 0 Å². The van der Waals surface area contributed by atoms with E-state index in [4.69, 9.17) is 4.74 Å². The molecule has 1 saturated heterocycles. The summed E-state index contributed by atoms with van der Waals surface area (Å²) < 4.78 is 5.84. The zero-order valence-electron chi connectivity index (χ0n) is 13.1. The summed E-state index contributed by atoms with van der Waals surface area (Å²) in [5.41, 5.74) is 1.25. The van der Waals surface area contributed by atoms with Gasteiger partial charge in [-0.2, -0.15) is 0 Å². The molecule has 0 radical (unpaired) electrons. The van der Waals surface area contributed by atoms with Crippen LogP contribution < -0.4 is 10.1 Å². The first-order valence-electron chi connectivity index (χ1n) is 7.78. The van der Waals surface area contributed by atoms with Crippen LogP contribution in [-0.2, 0) is 0 Å². The van der Waals surface area contributed by atoms with Crippen LogP contribution in [0, 0.1) is 12.8 Å². The average molecular weight is 276 g/mol. The molecule has 0 spiro atoms. The molecule has 1 aliphatic rings. The van der Waals surface area contributed by atoms with E-state index in [2.05, 4.69) is 43.1 Å². The quantitative estimate of drug-likeness (QED) is 0.864. The summed E-state index contributed by atoms with van der Waals surface area (Å²) in [6.45, 7) is 11.9. The van der Waals surface area contributed by atoms with Gasteiger partial charge in [-0.1, -0.05) is 26.0 Å². The lowest BCUT2D eigenvalue weighted by atomic mass is 10.0. The van der Waals surface area contributed by atoms with Gasteiger partial charge in [-0.05, 0) is 37.0 Å². The molecule has 1 aromatic carbocycles. The minimum Gasteiger partial charge on any atom is -0.492 e. The molecule has 0 saturated carbocycles. The number of hydrogen-bond acceptors (Lipinski definition) is 3. The number of hydrogen-bond donors (Lipinski definition) is 1. The summed E-state index contributed by atoms with van der Waals surface area (Å²) >= 11 is 0. The van der Waals surface area contributed by atoms with Gasteiger partial charge in [-0.15, -0.1) is 0 Å². The molecular weight excluding hydrogens is 248 g/mol. The Morgan fingerprint density at radius 1 is 1.40 bits per heavy atom. The minimum absolute atomic E-state index is 0.641. The monoisotopic (exact) mass is 276 g/mol. The molecule has 1 N–H and O–H groups in total. The van der Waals surface area contributed by atoms with Crippen molar-refractivity contribution in [3.05, 3.63) is 29.8 Å². The maximum absolute atomic E-state index is 5.84. The standard InChI is InChI=1S/C17H28N2O/c1-14(2)11-16-13-19(8-7-18-16)9-10-20-17-6-4-5-15(3)12-17/h4-6,12,14,16,18H,7-11,13H2,1-3H3. The summed E-state index contributed by atoms with van der Waals surface area (Å²) in [4.78, 5) is 2.51. The molecule has 20 heavy (non-hydrogen) atoms. The number of benzene rings is 1. The second-order valence-electron chi connectivity index (χ2n) is 6.25. The van der Waals surface area contributed by atoms with Gasteiger partial charge in [0.15, 0.2) is 0 Å². The van der Waals surface area contributed by atoms with Crippen molar-refractivity contribution >= 4 is 0 Å². The lowest BCUT2D eigenvalue weighted by Gasteiger charge is -2.34. The second kappa shape index (κ2) is 7.65. The number of piperazine rings is 1. The molecule has 1 aliphatic heterocycles. The van der Waals surface area contributed by atoms with Crippen LogP contribution in [-0.4, -0.2) is 43.7 Å². The van der Waals surface area contributed by atoms with Gasteiger partial charge < -0.3 is 10.1 Å². The maximum Gasteiger partial charge on any atom is 0.119 e. The second-order valence-corrected chi connectivity index (χ2v) is 6.25. The Morgan fingerprint density at radius 2 is 2.25 bits per heavy atom. The molecule has 0 amide bonds. The predicted octanol–water partition coefficient (Wildman–Crippen LogP) is 2.69. The van der Waals surface area contributed by atoms with Gasteiger partial charge in [-0.3, -0.25) is 4.90 Å². The summed E-state index contributed by atoms with van der Waals surface area (Å²) in [5, 5.41) is 3.61. The third-order valence-corrected chi connectivity index (χ3v) is 3.76. The summed E-state index contributed by atoms with van der Waals surface area (Å²) in [7, 11) is 0. The zero-order valence-corrected chi connectivity index (χ0v) is 13.1. The fraction of sp³-hybridized carbons (Fsp3) is 0.647. The van der Waals surface area contributed by atoms with Crippen molar-refractivity contribution in [2.24, 2.45) is 5.92 Å². The zero-order chi connectivity index (χ0) is 14.4. The van der Waals surface area contributed by atoms with Gasteiger partial charge in [0, 0.05) is 32.2 Å². The number of aryl methyl sites for hydroxylation is 1. The average Bonchev–Trinajstić information content (AvgIpc) is 2.38. The van der Waals surface area contributed by atoms with Gasteiger partial charge >= 0.3 is 0 Å². The number of nitrogens with zero attached hydrogens (tertiary/aromatic N) is 1. The van der Waals surface area contributed by atoms with E-state index in [9.17, 15) is 0 Å². The van der Waals surface area contributed by atoms with Crippen molar-refractivity contribution in [3.63, 3.8) is 0 Å². The Morgan fingerprint density at radius 3 is 3.00 bits per heavy atom. The first-order valence-corrected chi connectivity index (χ1v) is 7.78. The predicted molar refractivity (Wildman–Crippen MR) is 84.4 cm³/mol. The van der Waals surface area contributed by atoms with E-state index in [-0.39, 0.29) is 0 Å². The van der Waals surface area contributed by atoms with Crippen LogP contribution in [0.4, 0.5) is 0 Å². The van der Waals surface area contributed by atoms with Crippen LogP contribution in [0.3, 0.4) is 0 Å². The highest BCUT2D eigenvalue weighted by molar-refractivity contribution is 5.27. The Hall–Kier alpha value is -1.06. The van der Waals surface area contributed by atoms with Gasteiger partial charge in [-0.25, -0.2) is 0 Å². The molecule has 1 fully saturated rings. The fourth-order valence-corrected chi connectivity index (χ4v) is 2.82. The SMILES string of the molecule is Cc1cccc(OCCN2CCNC(CC(C)C)C2)c1. The molecule has 0 aliphatic carbocycles. The molecule has 0 aromatic heterocycles. The summed E-state index contributed by atoms with van der Waals surface area (Å²) in [5.74, 6) is 1.75. The van der Waals surface area contributed by atoms with Crippen molar-refractivity contribution < 1.29 is 4.74 Å². The van der Waals surface area contributed by atoms with Crippen molar-refractivity contribution in [1.29, 1.82) is 0 Å². The van der Waals surface area contributed by atoms with E-state index >= 15 is 0 Å². The Bertz CT molecular complexity index is 406. The van der Waals surface area contributed by atoms with E-state index in [0.29, 0.717) is 6.04 Å². The van der Waals surface area contributed by atoms with Gasteiger partial charge in [0.1, 0.15) is 12.4 Å². The minimum atomic E-state index is 0.641. The molecule has 3 heteroatoms. The third kappa shape index (κ3) is 5.14. The Kier molecular flexibility index (Phi) is 5.86. The lowest BCUT2D eigenvalue weighted by molar-refractivity contribution is 0.157. The molecule has 3 nitrogen and oxygen atoms in total. The smallest absolute Gasteiger partial charge is 0.119 e. The first-order chi connectivity index (χ1) is 9.63. The normalized spacial score (nSPS) is 20.3. The summed E-state index contributed by atoms with van der Waals surface area (Å²) in [6, 6.07) is 8.92. The molecule has 1 unspecified atom stereocenters. The van der Waals surface area contributed by atoms with E-state index in [0.717, 1.165) is 44.5 Å². The topological polar surface area (TPSA) is 24.5 Å². The van der Waals surface area contributed by atoms with E-state index in [1.54, 1.807) is 0 Å². The largest absolute Gasteiger partial charge is 0.492 e. The van der Waals surface area contributed by atoms with Crippen molar-refractivity contribution in [3.8, 4) is 5.75 Å². The van der Waals surface area contributed by atoms with Gasteiger partial charge in [0.2, 0.25) is 0 Å². The highest BCUT2D eigenvalue weighted by Gasteiger charge is 2.19. The van der Waals surface area contributed by atoms with Crippen LogP contribution in [0.2, 0.25) is 0 Å². The number of nitrogens with one attached hydrogen (secondary N) is 1. The molecule has 1 atom stereocenters. The third-order valence-electron chi connectivity index (χ3n) is 3.76. The summed E-state index contributed by atoms with van der Waals surface area (Å²) in [6.07, 6.45) is 1.26. The fourth-order valence-electron chi connectivity index (χ4n) is 2.82. The van der Waals surface area contributed by atoms with Crippen LogP contribution >= 0.6 is 0 Å². The molecule has 0 bridgehead atoms. The molecule has 112 valence electrons. The molecular formula is C17H28N2O. The van der Waals surface area contributed by atoms with E-state index in [1.807, 2.05) is 12.1 Å². The van der Waals surface area contributed by atoms with Gasteiger partial charge in [0.25, 0.3) is 0 Å². The molecule has 2 rings (SSSR count). The first kappa shape index (κ1) is 15.3. The van der Waals surface area contributed by atoms with E-state index < -0.39 is 0 Å². The maximum atomic E-state index is 5.84. The Labute approximate surface area is 123 Å². The Balaban J connectivity index is 1.71. The van der Waals surface area contributed by atoms with E-state index in [1.165, 1.54) is 12.0 Å². The number of ether oxygens (including phenoxy) is 1. The number of rotatable bonds is 6. The molecule has 1 heterocycles. The van der Waals surface area contributed by atoms with Crippen molar-refractivity contribution in [2.75, 3.05) is 32.8 Å². The lowest BCUT2D eigenvalue weighted by Crippen LogP contribution is -2.51. The van der Waals surface area contributed by atoms with Crippen LogP contribution in [0.1, 0.15) is 25.8 Å².